The Morgan fingerprint density at radius 2 is 1.00 bits per heavy atom. The number of hydrogen-bond donors (Lipinski definition) is 1. The molecule has 0 amide bonds. The maximum Gasteiger partial charge on any atom is 0.00793 e. The zero-order valence-electron chi connectivity index (χ0n) is 18.3. The van der Waals surface area contributed by atoms with Gasteiger partial charge >= 0.3 is 0 Å². The zero-order valence-corrected chi connectivity index (χ0v) is 18.3. The highest BCUT2D eigenvalue weighted by Gasteiger charge is 2.03. The molecule has 0 spiro atoms. The standard InChI is InChI=1S/C26H47N/c1-2-3-4-5-6-7-8-9-10-11-12-13-14-15-16-20-23-26(27)24-25-21-18-17-19-22-25/h17-19,21-22,26H,2-16,20,23-24,27H2,1H3. The molecule has 0 aliphatic carbocycles. The van der Waals surface area contributed by atoms with E-state index < -0.39 is 0 Å². The Bertz CT molecular complexity index is 400. The number of unbranched alkanes of at least 4 members (excludes halogenated alkanes) is 15. The second kappa shape index (κ2) is 18.5. The van der Waals surface area contributed by atoms with Gasteiger partial charge in [-0.1, -0.05) is 140 Å². The predicted molar refractivity (Wildman–Crippen MR) is 122 cm³/mol. The Hall–Kier alpha value is -0.820. The van der Waals surface area contributed by atoms with Gasteiger partial charge in [-0.05, 0) is 18.4 Å². The molecule has 1 aromatic rings. The molecule has 1 heteroatoms. The molecule has 0 aliphatic heterocycles. The first-order valence-corrected chi connectivity index (χ1v) is 12.1. The quantitative estimate of drug-likeness (QED) is 0.243. The first kappa shape index (κ1) is 24.2. The van der Waals surface area contributed by atoms with Gasteiger partial charge in [0.1, 0.15) is 0 Å². The van der Waals surface area contributed by atoms with Crippen LogP contribution >= 0.6 is 0 Å². The third kappa shape index (κ3) is 15.9. The molecule has 1 aromatic carbocycles. The van der Waals surface area contributed by atoms with Gasteiger partial charge in [-0.15, -0.1) is 0 Å². The Morgan fingerprint density at radius 3 is 1.44 bits per heavy atom. The molecule has 1 atom stereocenters. The second-order valence-electron chi connectivity index (χ2n) is 8.54. The summed E-state index contributed by atoms with van der Waals surface area (Å²) in [6.45, 7) is 2.29. The van der Waals surface area contributed by atoms with E-state index in [0.717, 1.165) is 6.42 Å². The van der Waals surface area contributed by atoms with Crippen molar-refractivity contribution in [3.8, 4) is 0 Å². The lowest BCUT2D eigenvalue weighted by Crippen LogP contribution is -2.22. The van der Waals surface area contributed by atoms with Gasteiger partial charge in [-0.3, -0.25) is 0 Å². The summed E-state index contributed by atoms with van der Waals surface area (Å²) >= 11 is 0. The first-order chi connectivity index (χ1) is 13.3. The third-order valence-corrected chi connectivity index (χ3v) is 5.77. The van der Waals surface area contributed by atoms with Gasteiger partial charge < -0.3 is 5.73 Å². The van der Waals surface area contributed by atoms with Crippen molar-refractivity contribution >= 4 is 0 Å². The van der Waals surface area contributed by atoms with E-state index in [0.29, 0.717) is 6.04 Å². The van der Waals surface area contributed by atoms with Gasteiger partial charge in [0.15, 0.2) is 0 Å². The maximum absolute atomic E-state index is 6.27. The zero-order chi connectivity index (χ0) is 19.4. The molecule has 156 valence electrons. The van der Waals surface area contributed by atoms with E-state index in [2.05, 4.69) is 37.3 Å². The molecule has 1 rings (SSSR count). The van der Waals surface area contributed by atoms with Gasteiger partial charge in [0.25, 0.3) is 0 Å². The highest BCUT2D eigenvalue weighted by Crippen LogP contribution is 2.14. The van der Waals surface area contributed by atoms with Crippen LogP contribution in [0.15, 0.2) is 30.3 Å². The molecular formula is C26H47N. The lowest BCUT2D eigenvalue weighted by molar-refractivity contribution is 0.513. The fraction of sp³-hybridized carbons (Fsp3) is 0.769. The van der Waals surface area contributed by atoms with E-state index in [1.54, 1.807) is 0 Å². The van der Waals surface area contributed by atoms with Crippen LogP contribution in [-0.4, -0.2) is 6.04 Å². The third-order valence-electron chi connectivity index (χ3n) is 5.77. The van der Waals surface area contributed by atoms with Crippen LogP contribution in [-0.2, 0) is 6.42 Å². The average Bonchev–Trinajstić information content (AvgIpc) is 2.68. The molecule has 1 unspecified atom stereocenters. The van der Waals surface area contributed by atoms with Crippen LogP contribution in [0.25, 0.3) is 0 Å². The molecule has 2 N–H and O–H groups in total. The van der Waals surface area contributed by atoms with Crippen LogP contribution in [0.3, 0.4) is 0 Å². The molecule has 0 heterocycles. The van der Waals surface area contributed by atoms with Crippen LogP contribution in [0.1, 0.15) is 122 Å². The molecule has 0 radical (unpaired) electrons. The lowest BCUT2D eigenvalue weighted by atomic mass is 10.00. The minimum atomic E-state index is 0.332. The van der Waals surface area contributed by atoms with Gasteiger partial charge in [0.2, 0.25) is 0 Å². The van der Waals surface area contributed by atoms with E-state index in [9.17, 15) is 0 Å². The molecule has 0 saturated heterocycles. The van der Waals surface area contributed by atoms with Crippen LogP contribution in [0.2, 0.25) is 0 Å². The van der Waals surface area contributed by atoms with Gasteiger partial charge in [0, 0.05) is 6.04 Å². The molecule has 27 heavy (non-hydrogen) atoms. The summed E-state index contributed by atoms with van der Waals surface area (Å²) < 4.78 is 0. The monoisotopic (exact) mass is 373 g/mol. The molecule has 0 bridgehead atoms. The fourth-order valence-electron chi connectivity index (χ4n) is 3.97. The SMILES string of the molecule is CCCCCCCCCCCCCCCCCCC(N)Cc1ccccc1. The summed E-state index contributed by atoms with van der Waals surface area (Å²) in [6, 6.07) is 11.0. The molecular weight excluding hydrogens is 326 g/mol. The van der Waals surface area contributed by atoms with Gasteiger partial charge in [0.05, 0.1) is 0 Å². The number of hydrogen-bond acceptors (Lipinski definition) is 1. The van der Waals surface area contributed by atoms with Crippen molar-refractivity contribution in [1.29, 1.82) is 0 Å². The van der Waals surface area contributed by atoms with Crippen molar-refractivity contribution in [3.05, 3.63) is 35.9 Å². The van der Waals surface area contributed by atoms with Crippen molar-refractivity contribution in [2.45, 2.75) is 129 Å². The summed E-state index contributed by atoms with van der Waals surface area (Å²) in [5, 5.41) is 0. The van der Waals surface area contributed by atoms with E-state index in [4.69, 9.17) is 5.73 Å². The normalized spacial score (nSPS) is 12.4. The van der Waals surface area contributed by atoms with Crippen LogP contribution in [0.4, 0.5) is 0 Å². The first-order valence-electron chi connectivity index (χ1n) is 12.1. The highest BCUT2D eigenvalue weighted by molar-refractivity contribution is 5.15. The maximum atomic E-state index is 6.27. The molecule has 0 saturated carbocycles. The summed E-state index contributed by atoms with van der Waals surface area (Å²) in [7, 11) is 0. The summed E-state index contributed by atoms with van der Waals surface area (Å²) in [5.41, 5.74) is 7.64. The number of nitrogens with two attached hydrogens (primary N) is 1. The summed E-state index contributed by atoms with van der Waals surface area (Å²) in [5.74, 6) is 0. The fourth-order valence-corrected chi connectivity index (χ4v) is 3.97. The Morgan fingerprint density at radius 1 is 0.593 bits per heavy atom. The van der Waals surface area contributed by atoms with Crippen molar-refractivity contribution in [2.24, 2.45) is 5.73 Å². The molecule has 1 nitrogen and oxygen atoms in total. The van der Waals surface area contributed by atoms with E-state index in [1.165, 1.54) is 115 Å². The smallest absolute Gasteiger partial charge is 0.00793 e. The number of benzene rings is 1. The Kier molecular flexibility index (Phi) is 16.6. The largest absolute Gasteiger partial charge is 0.327 e. The number of rotatable bonds is 19. The van der Waals surface area contributed by atoms with E-state index in [1.807, 2.05) is 0 Å². The summed E-state index contributed by atoms with van der Waals surface area (Å²) in [6.07, 6.45) is 25.1. The minimum Gasteiger partial charge on any atom is -0.327 e. The second-order valence-corrected chi connectivity index (χ2v) is 8.54. The van der Waals surface area contributed by atoms with Crippen molar-refractivity contribution in [3.63, 3.8) is 0 Å². The molecule has 0 aromatic heterocycles. The van der Waals surface area contributed by atoms with E-state index >= 15 is 0 Å². The molecule has 0 aliphatic rings. The van der Waals surface area contributed by atoms with Crippen molar-refractivity contribution in [1.82, 2.24) is 0 Å². The highest BCUT2D eigenvalue weighted by atomic mass is 14.6. The molecule has 0 fully saturated rings. The van der Waals surface area contributed by atoms with Crippen LogP contribution in [0.5, 0.6) is 0 Å². The van der Waals surface area contributed by atoms with Gasteiger partial charge in [-0.2, -0.15) is 0 Å². The average molecular weight is 374 g/mol. The van der Waals surface area contributed by atoms with Crippen LogP contribution in [0, 0.1) is 0 Å². The predicted octanol–water partition coefficient (Wildman–Crippen LogP) is 8.21. The Balaban J connectivity index is 1.75. The topological polar surface area (TPSA) is 26.0 Å². The lowest BCUT2D eigenvalue weighted by Gasteiger charge is -2.11. The Labute approximate surface area is 170 Å². The van der Waals surface area contributed by atoms with Gasteiger partial charge in [-0.25, -0.2) is 0 Å². The van der Waals surface area contributed by atoms with Crippen LogP contribution < -0.4 is 5.73 Å². The summed E-state index contributed by atoms with van der Waals surface area (Å²) in [4.78, 5) is 0. The minimum absolute atomic E-state index is 0.332. The van der Waals surface area contributed by atoms with Crippen molar-refractivity contribution in [2.75, 3.05) is 0 Å². The van der Waals surface area contributed by atoms with Crippen molar-refractivity contribution < 1.29 is 0 Å². The van der Waals surface area contributed by atoms with E-state index in [-0.39, 0.29) is 0 Å².